The fourth-order valence-electron chi connectivity index (χ4n) is 1.92. The van der Waals surface area contributed by atoms with Gasteiger partial charge in [-0.2, -0.15) is 0 Å². The molecule has 1 aromatic carbocycles. The summed E-state index contributed by atoms with van der Waals surface area (Å²) in [5.41, 5.74) is 1.78. The number of hydrazine groups is 1. The molecule has 2 aromatic heterocycles. The van der Waals surface area contributed by atoms with Crippen molar-refractivity contribution >= 4 is 17.2 Å². The fraction of sp³-hybridized carbons (Fsp3) is 0. The number of imidazole rings is 1. The first kappa shape index (κ1) is 11.4. The second-order valence-electron chi connectivity index (χ2n) is 4.08. The first-order valence-corrected chi connectivity index (χ1v) is 5.83. The van der Waals surface area contributed by atoms with Gasteiger partial charge in [0.05, 0.1) is 11.9 Å². The van der Waals surface area contributed by atoms with Crippen molar-refractivity contribution in [3.8, 4) is 0 Å². The molecule has 0 atom stereocenters. The molecule has 1 amide bonds. The summed E-state index contributed by atoms with van der Waals surface area (Å²) in [5.74, 6) is 5.56. The first-order chi connectivity index (χ1) is 9.27. The highest BCUT2D eigenvalue weighted by molar-refractivity contribution is 6.04. The molecule has 0 aliphatic carbocycles. The molecule has 5 heteroatoms. The number of pyridine rings is 1. The van der Waals surface area contributed by atoms with E-state index in [0.717, 1.165) is 5.01 Å². The van der Waals surface area contributed by atoms with E-state index in [4.69, 9.17) is 5.84 Å². The molecular formula is C14H12N4O. The van der Waals surface area contributed by atoms with Gasteiger partial charge in [0.15, 0.2) is 0 Å². The van der Waals surface area contributed by atoms with Crippen LogP contribution in [0.1, 0.15) is 10.5 Å². The number of nitrogens with two attached hydrogens (primary N) is 1. The molecule has 0 unspecified atom stereocenters. The second-order valence-corrected chi connectivity index (χ2v) is 4.08. The van der Waals surface area contributed by atoms with Crippen LogP contribution in [0.4, 0.5) is 5.69 Å². The normalized spacial score (nSPS) is 10.6. The second kappa shape index (κ2) is 4.55. The molecule has 19 heavy (non-hydrogen) atoms. The van der Waals surface area contributed by atoms with Gasteiger partial charge in [-0.15, -0.1) is 0 Å². The molecule has 0 saturated carbocycles. The molecule has 0 fully saturated rings. The zero-order chi connectivity index (χ0) is 13.2. The largest absolute Gasteiger partial charge is 0.295 e. The van der Waals surface area contributed by atoms with Gasteiger partial charge in [-0.1, -0.05) is 24.3 Å². The average molecular weight is 252 g/mol. The lowest BCUT2D eigenvalue weighted by atomic mass is 10.3. The summed E-state index contributed by atoms with van der Waals surface area (Å²) in [7, 11) is 0. The standard InChI is InChI=1S/C14H12N4O/c15-18(11-6-2-1-3-7-11)14(19)12-10-16-13-8-4-5-9-17(12)13/h1-10H,15H2. The Morgan fingerprint density at radius 2 is 1.84 bits per heavy atom. The van der Waals surface area contributed by atoms with Gasteiger partial charge >= 0.3 is 0 Å². The first-order valence-electron chi connectivity index (χ1n) is 5.83. The maximum Gasteiger partial charge on any atom is 0.291 e. The molecule has 2 N–H and O–H groups in total. The van der Waals surface area contributed by atoms with E-state index in [1.807, 2.05) is 36.4 Å². The number of carbonyl (C=O) groups is 1. The fourth-order valence-corrected chi connectivity index (χ4v) is 1.92. The van der Waals surface area contributed by atoms with Crippen LogP contribution in [0, 0.1) is 0 Å². The topological polar surface area (TPSA) is 63.6 Å². The molecule has 0 radical (unpaired) electrons. The van der Waals surface area contributed by atoms with Gasteiger partial charge in [0.25, 0.3) is 5.91 Å². The number of para-hydroxylation sites is 1. The van der Waals surface area contributed by atoms with Crippen molar-refractivity contribution < 1.29 is 4.79 Å². The third-order valence-electron chi connectivity index (χ3n) is 2.89. The third kappa shape index (κ3) is 1.96. The van der Waals surface area contributed by atoms with Gasteiger partial charge in [0.1, 0.15) is 11.3 Å². The maximum absolute atomic E-state index is 12.4. The lowest BCUT2D eigenvalue weighted by Crippen LogP contribution is -2.38. The van der Waals surface area contributed by atoms with Gasteiger partial charge in [0, 0.05) is 6.20 Å². The van der Waals surface area contributed by atoms with E-state index in [0.29, 0.717) is 17.0 Å². The van der Waals surface area contributed by atoms with Crippen LogP contribution >= 0.6 is 0 Å². The summed E-state index contributed by atoms with van der Waals surface area (Å²) in [6.07, 6.45) is 3.31. The number of rotatable bonds is 2. The number of amides is 1. The zero-order valence-corrected chi connectivity index (χ0v) is 10.1. The van der Waals surface area contributed by atoms with Gasteiger partial charge in [-0.25, -0.2) is 15.8 Å². The molecule has 3 rings (SSSR count). The van der Waals surface area contributed by atoms with Crippen molar-refractivity contribution in [2.24, 2.45) is 5.84 Å². The summed E-state index contributed by atoms with van der Waals surface area (Å²) in [5, 5.41) is 1.12. The molecule has 94 valence electrons. The maximum atomic E-state index is 12.4. The van der Waals surface area contributed by atoms with Crippen molar-refractivity contribution in [1.29, 1.82) is 0 Å². The minimum absolute atomic E-state index is 0.301. The van der Waals surface area contributed by atoms with E-state index in [9.17, 15) is 4.79 Å². The Hall–Kier alpha value is -2.66. The van der Waals surface area contributed by atoms with Gasteiger partial charge < -0.3 is 0 Å². The predicted molar refractivity (Wildman–Crippen MR) is 72.6 cm³/mol. The smallest absolute Gasteiger partial charge is 0.291 e. The molecule has 0 aliphatic heterocycles. The summed E-state index contributed by atoms with van der Waals surface area (Å²) < 4.78 is 1.71. The van der Waals surface area contributed by atoms with E-state index in [1.165, 1.54) is 6.20 Å². The van der Waals surface area contributed by atoms with Crippen LogP contribution in [-0.4, -0.2) is 15.3 Å². The van der Waals surface area contributed by atoms with Crippen molar-refractivity contribution in [1.82, 2.24) is 9.38 Å². The summed E-state index contributed by atoms with van der Waals surface area (Å²) in [6.45, 7) is 0. The SMILES string of the molecule is NN(C(=O)c1cnc2ccccn12)c1ccccc1. The van der Waals surface area contributed by atoms with Crippen molar-refractivity contribution in [2.75, 3.05) is 5.01 Å². The number of hydrogen-bond acceptors (Lipinski definition) is 3. The van der Waals surface area contributed by atoms with Gasteiger partial charge in [-0.05, 0) is 24.3 Å². The van der Waals surface area contributed by atoms with Crippen LogP contribution in [-0.2, 0) is 0 Å². The number of nitrogens with zero attached hydrogens (tertiary/aromatic N) is 3. The zero-order valence-electron chi connectivity index (χ0n) is 10.1. The van der Waals surface area contributed by atoms with E-state index in [-0.39, 0.29) is 5.91 Å². The summed E-state index contributed by atoms with van der Waals surface area (Å²) >= 11 is 0. The van der Waals surface area contributed by atoms with Crippen LogP contribution in [0.15, 0.2) is 60.9 Å². The van der Waals surface area contributed by atoms with Crippen LogP contribution in [0.25, 0.3) is 5.65 Å². The average Bonchev–Trinajstić information content (AvgIpc) is 2.90. The summed E-state index contributed by atoms with van der Waals surface area (Å²) in [4.78, 5) is 16.5. The Labute approximate surface area is 109 Å². The Morgan fingerprint density at radius 3 is 2.63 bits per heavy atom. The van der Waals surface area contributed by atoms with Crippen LogP contribution in [0.5, 0.6) is 0 Å². The highest BCUT2D eigenvalue weighted by Crippen LogP contribution is 2.14. The number of hydrogen-bond donors (Lipinski definition) is 1. The minimum atomic E-state index is -0.301. The lowest BCUT2D eigenvalue weighted by molar-refractivity contribution is 0.0981. The number of fused-ring (bicyclic) bond motifs is 1. The molecule has 0 bridgehead atoms. The quantitative estimate of drug-likeness (QED) is 0.430. The third-order valence-corrected chi connectivity index (χ3v) is 2.89. The lowest BCUT2D eigenvalue weighted by Gasteiger charge is -2.15. The Balaban J connectivity index is 2.00. The van der Waals surface area contributed by atoms with Crippen molar-refractivity contribution in [3.63, 3.8) is 0 Å². The monoisotopic (exact) mass is 252 g/mol. The number of benzene rings is 1. The molecule has 2 heterocycles. The molecular weight excluding hydrogens is 240 g/mol. The van der Waals surface area contributed by atoms with Crippen LogP contribution in [0.2, 0.25) is 0 Å². The van der Waals surface area contributed by atoms with E-state index in [2.05, 4.69) is 4.98 Å². The van der Waals surface area contributed by atoms with Crippen LogP contribution < -0.4 is 10.9 Å². The molecule has 0 saturated heterocycles. The number of anilines is 1. The molecule has 0 spiro atoms. The van der Waals surface area contributed by atoms with E-state index in [1.54, 1.807) is 22.7 Å². The van der Waals surface area contributed by atoms with Crippen molar-refractivity contribution in [2.45, 2.75) is 0 Å². The molecule has 3 aromatic rings. The number of aromatic nitrogens is 2. The van der Waals surface area contributed by atoms with Gasteiger partial charge in [-0.3, -0.25) is 9.20 Å². The molecule has 5 nitrogen and oxygen atoms in total. The summed E-state index contributed by atoms with van der Waals surface area (Å²) in [6, 6.07) is 14.6. The van der Waals surface area contributed by atoms with E-state index >= 15 is 0 Å². The minimum Gasteiger partial charge on any atom is -0.295 e. The number of carbonyl (C=O) groups excluding carboxylic acids is 1. The predicted octanol–water partition coefficient (Wildman–Crippen LogP) is 1.85. The Bertz CT molecular complexity index is 720. The van der Waals surface area contributed by atoms with E-state index < -0.39 is 0 Å². The Kier molecular flexibility index (Phi) is 2.74. The highest BCUT2D eigenvalue weighted by atomic mass is 16.2. The van der Waals surface area contributed by atoms with Gasteiger partial charge in [0.2, 0.25) is 0 Å². The van der Waals surface area contributed by atoms with Crippen LogP contribution in [0.3, 0.4) is 0 Å². The Morgan fingerprint density at radius 1 is 1.11 bits per heavy atom. The highest BCUT2D eigenvalue weighted by Gasteiger charge is 2.17. The molecule has 0 aliphatic rings. The van der Waals surface area contributed by atoms with Crippen molar-refractivity contribution in [3.05, 3.63) is 66.6 Å².